The van der Waals surface area contributed by atoms with E-state index in [-0.39, 0.29) is 11.9 Å². The van der Waals surface area contributed by atoms with Crippen LogP contribution in [0.2, 0.25) is 0 Å². The molecule has 0 saturated heterocycles. The quantitative estimate of drug-likeness (QED) is 0.723. The molecule has 4 rings (SSSR count). The molecule has 2 aromatic heterocycles. The third kappa shape index (κ3) is 4.28. The molecule has 1 saturated carbocycles. The molecule has 0 spiro atoms. The van der Waals surface area contributed by atoms with Gasteiger partial charge in [-0.15, -0.1) is 0 Å². The van der Waals surface area contributed by atoms with E-state index in [0.29, 0.717) is 17.6 Å². The fourth-order valence-electron chi connectivity index (χ4n) is 3.32. The molecule has 1 amide bonds. The number of anilines is 2. The van der Waals surface area contributed by atoms with Crippen LogP contribution in [-0.4, -0.2) is 36.7 Å². The van der Waals surface area contributed by atoms with Crippen molar-refractivity contribution in [1.82, 2.24) is 30.0 Å². The van der Waals surface area contributed by atoms with Crippen molar-refractivity contribution >= 4 is 17.5 Å². The molecule has 0 radical (unpaired) electrons. The predicted molar refractivity (Wildman–Crippen MR) is 101 cm³/mol. The van der Waals surface area contributed by atoms with Crippen LogP contribution in [0.3, 0.4) is 0 Å². The first kappa shape index (κ1) is 17.1. The fraction of sp³-hybridized carbons (Fsp3) is 0.316. The van der Waals surface area contributed by atoms with Gasteiger partial charge in [0.2, 0.25) is 5.95 Å². The molecular weight excluding hydrogens is 342 g/mol. The normalized spacial score (nSPS) is 19.4. The second-order valence-corrected chi connectivity index (χ2v) is 6.64. The SMILES string of the molecule is O=C(NC1CCC(n2cncn2)CC1)c1cnc(Nc2ccccc2)nc1. The lowest BCUT2D eigenvalue weighted by atomic mass is 9.91. The van der Waals surface area contributed by atoms with Gasteiger partial charge in [-0.2, -0.15) is 5.10 Å². The maximum Gasteiger partial charge on any atom is 0.254 e. The zero-order valence-corrected chi connectivity index (χ0v) is 14.8. The van der Waals surface area contributed by atoms with Gasteiger partial charge in [0.05, 0.1) is 11.6 Å². The summed E-state index contributed by atoms with van der Waals surface area (Å²) in [6.07, 6.45) is 10.2. The van der Waals surface area contributed by atoms with Crippen molar-refractivity contribution in [2.75, 3.05) is 5.32 Å². The average molecular weight is 363 g/mol. The van der Waals surface area contributed by atoms with Gasteiger partial charge < -0.3 is 10.6 Å². The van der Waals surface area contributed by atoms with Gasteiger partial charge in [-0.1, -0.05) is 18.2 Å². The highest BCUT2D eigenvalue weighted by Crippen LogP contribution is 2.27. The van der Waals surface area contributed by atoms with Gasteiger partial charge in [0.15, 0.2) is 0 Å². The van der Waals surface area contributed by atoms with Crippen LogP contribution in [0.1, 0.15) is 42.1 Å². The van der Waals surface area contributed by atoms with Crippen LogP contribution in [0.5, 0.6) is 0 Å². The number of rotatable bonds is 5. The Morgan fingerprint density at radius 3 is 2.44 bits per heavy atom. The van der Waals surface area contributed by atoms with Crippen LogP contribution >= 0.6 is 0 Å². The highest BCUT2D eigenvalue weighted by Gasteiger charge is 2.24. The third-order valence-corrected chi connectivity index (χ3v) is 4.79. The molecule has 2 N–H and O–H groups in total. The Bertz CT molecular complexity index is 857. The Labute approximate surface area is 157 Å². The van der Waals surface area contributed by atoms with Gasteiger partial charge in [0.25, 0.3) is 5.91 Å². The van der Waals surface area contributed by atoms with Crippen LogP contribution in [0.25, 0.3) is 0 Å². The number of hydrogen-bond acceptors (Lipinski definition) is 6. The zero-order chi connectivity index (χ0) is 18.5. The molecule has 1 aromatic carbocycles. The summed E-state index contributed by atoms with van der Waals surface area (Å²) in [5.41, 5.74) is 1.37. The molecule has 1 aliphatic rings. The van der Waals surface area contributed by atoms with E-state index < -0.39 is 0 Å². The van der Waals surface area contributed by atoms with Gasteiger partial charge in [-0.25, -0.2) is 19.6 Å². The number of aromatic nitrogens is 5. The first-order chi connectivity index (χ1) is 13.3. The van der Waals surface area contributed by atoms with Gasteiger partial charge in [-0.05, 0) is 37.8 Å². The summed E-state index contributed by atoms with van der Waals surface area (Å²) in [7, 11) is 0. The molecule has 8 nitrogen and oxygen atoms in total. The molecule has 0 bridgehead atoms. The number of hydrogen-bond donors (Lipinski definition) is 2. The minimum absolute atomic E-state index is 0.134. The van der Waals surface area contributed by atoms with E-state index in [1.54, 1.807) is 25.0 Å². The Balaban J connectivity index is 1.30. The van der Waals surface area contributed by atoms with Crippen molar-refractivity contribution in [3.63, 3.8) is 0 Å². The van der Waals surface area contributed by atoms with Crippen LogP contribution in [-0.2, 0) is 0 Å². The molecule has 3 aromatic rings. The standard InChI is InChI=1S/C19H21N7O/c27-18(24-16-6-8-17(9-7-16)26-13-20-12-23-26)14-10-21-19(22-11-14)25-15-4-2-1-3-5-15/h1-5,10-13,16-17H,6-9H2,(H,24,27)(H,21,22,25). The average Bonchev–Trinajstić information content (AvgIpc) is 3.25. The highest BCUT2D eigenvalue weighted by atomic mass is 16.1. The minimum atomic E-state index is -0.134. The minimum Gasteiger partial charge on any atom is -0.349 e. The number of carbonyl (C=O) groups is 1. The molecule has 27 heavy (non-hydrogen) atoms. The van der Waals surface area contributed by atoms with Crippen molar-refractivity contribution in [3.05, 3.63) is 60.9 Å². The molecule has 138 valence electrons. The van der Waals surface area contributed by atoms with Gasteiger partial charge in [0, 0.05) is 24.1 Å². The van der Waals surface area contributed by atoms with Crippen LogP contribution < -0.4 is 10.6 Å². The predicted octanol–water partition coefficient (Wildman–Crippen LogP) is 2.73. The number of carbonyl (C=O) groups excluding carboxylic acids is 1. The summed E-state index contributed by atoms with van der Waals surface area (Å²) in [6.45, 7) is 0. The van der Waals surface area contributed by atoms with Crippen LogP contribution in [0.15, 0.2) is 55.4 Å². The van der Waals surface area contributed by atoms with Gasteiger partial charge in [0.1, 0.15) is 12.7 Å². The number of benzene rings is 1. The summed E-state index contributed by atoms with van der Waals surface area (Å²) in [5, 5.41) is 10.4. The van der Waals surface area contributed by atoms with E-state index in [0.717, 1.165) is 31.4 Å². The Morgan fingerprint density at radius 2 is 1.78 bits per heavy atom. The van der Waals surface area contributed by atoms with Crippen LogP contribution in [0, 0.1) is 0 Å². The van der Waals surface area contributed by atoms with Gasteiger partial charge >= 0.3 is 0 Å². The number of para-hydroxylation sites is 1. The van der Waals surface area contributed by atoms with E-state index in [1.807, 2.05) is 35.0 Å². The number of nitrogens with zero attached hydrogens (tertiary/aromatic N) is 5. The zero-order valence-electron chi connectivity index (χ0n) is 14.8. The van der Waals surface area contributed by atoms with Crippen LogP contribution in [0.4, 0.5) is 11.6 Å². The Morgan fingerprint density at radius 1 is 1.04 bits per heavy atom. The topological polar surface area (TPSA) is 97.6 Å². The first-order valence-electron chi connectivity index (χ1n) is 9.07. The smallest absolute Gasteiger partial charge is 0.254 e. The number of nitrogens with one attached hydrogen (secondary N) is 2. The lowest BCUT2D eigenvalue weighted by Gasteiger charge is -2.28. The fourth-order valence-corrected chi connectivity index (χ4v) is 3.32. The van der Waals surface area contributed by atoms with Crippen molar-refractivity contribution in [1.29, 1.82) is 0 Å². The molecule has 0 unspecified atom stereocenters. The maximum atomic E-state index is 12.5. The Hall–Kier alpha value is -3.29. The monoisotopic (exact) mass is 363 g/mol. The molecule has 1 fully saturated rings. The highest BCUT2D eigenvalue weighted by molar-refractivity contribution is 5.93. The summed E-state index contributed by atoms with van der Waals surface area (Å²) < 4.78 is 1.91. The van der Waals surface area contributed by atoms with Crippen molar-refractivity contribution < 1.29 is 4.79 Å². The van der Waals surface area contributed by atoms with E-state index in [2.05, 4.69) is 30.7 Å². The van der Waals surface area contributed by atoms with E-state index >= 15 is 0 Å². The summed E-state index contributed by atoms with van der Waals surface area (Å²) in [6, 6.07) is 10.2. The molecule has 1 aliphatic carbocycles. The number of amides is 1. The maximum absolute atomic E-state index is 12.5. The lowest BCUT2D eigenvalue weighted by molar-refractivity contribution is 0.0921. The molecule has 8 heteroatoms. The largest absolute Gasteiger partial charge is 0.349 e. The third-order valence-electron chi connectivity index (χ3n) is 4.79. The Kier molecular flexibility index (Phi) is 5.04. The van der Waals surface area contributed by atoms with E-state index in [4.69, 9.17) is 0 Å². The molecule has 0 atom stereocenters. The second-order valence-electron chi connectivity index (χ2n) is 6.64. The summed E-state index contributed by atoms with van der Waals surface area (Å²) >= 11 is 0. The summed E-state index contributed by atoms with van der Waals surface area (Å²) in [5.74, 6) is 0.330. The van der Waals surface area contributed by atoms with E-state index in [1.165, 1.54) is 0 Å². The first-order valence-corrected chi connectivity index (χ1v) is 9.07. The van der Waals surface area contributed by atoms with Gasteiger partial charge in [-0.3, -0.25) is 4.79 Å². The molecular formula is C19H21N7O. The molecule has 0 aliphatic heterocycles. The lowest BCUT2D eigenvalue weighted by Crippen LogP contribution is -2.38. The van der Waals surface area contributed by atoms with Crippen molar-refractivity contribution in [3.8, 4) is 0 Å². The summed E-state index contributed by atoms with van der Waals surface area (Å²) in [4.78, 5) is 24.9. The molecule has 2 heterocycles. The second kappa shape index (κ2) is 7.94. The van der Waals surface area contributed by atoms with Crippen molar-refractivity contribution in [2.45, 2.75) is 37.8 Å². The van der Waals surface area contributed by atoms with Crippen molar-refractivity contribution in [2.24, 2.45) is 0 Å². The van der Waals surface area contributed by atoms with E-state index in [9.17, 15) is 4.79 Å².